The highest BCUT2D eigenvalue weighted by molar-refractivity contribution is 5.96. The monoisotopic (exact) mass is 290 g/mol. The molecule has 0 aromatic heterocycles. The second-order valence-corrected chi connectivity index (χ2v) is 6.35. The number of rotatable bonds is 4. The summed E-state index contributed by atoms with van der Waals surface area (Å²) in [6, 6.07) is 9.34. The number of carbonyl (C=O) groups excluding carboxylic acids is 2. The van der Waals surface area contributed by atoms with Gasteiger partial charge in [0, 0.05) is 0 Å². The molecule has 1 aromatic carbocycles. The van der Waals surface area contributed by atoms with Gasteiger partial charge in [0.15, 0.2) is 0 Å². The van der Waals surface area contributed by atoms with Crippen LogP contribution in [0.5, 0.6) is 0 Å². The maximum Gasteiger partial charge on any atom is 0.317 e. The summed E-state index contributed by atoms with van der Waals surface area (Å²) in [4.78, 5) is 24.7. The fourth-order valence-corrected chi connectivity index (χ4v) is 2.56. The highest BCUT2D eigenvalue weighted by Gasteiger charge is 2.67. The molecule has 0 spiro atoms. The van der Waals surface area contributed by atoms with Gasteiger partial charge in [-0.05, 0) is 39.7 Å². The van der Waals surface area contributed by atoms with E-state index in [2.05, 4.69) is 0 Å². The molecule has 2 rings (SSSR count). The molecule has 4 nitrogen and oxygen atoms in total. The van der Waals surface area contributed by atoms with Crippen molar-refractivity contribution in [3.05, 3.63) is 35.9 Å². The van der Waals surface area contributed by atoms with Gasteiger partial charge >= 0.3 is 11.9 Å². The Morgan fingerprint density at radius 1 is 1.24 bits per heavy atom. The van der Waals surface area contributed by atoms with E-state index in [4.69, 9.17) is 9.47 Å². The van der Waals surface area contributed by atoms with Crippen molar-refractivity contribution < 1.29 is 19.1 Å². The second-order valence-electron chi connectivity index (χ2n) is 6.35. The van der Waals surface area contributed by atoms with Crippen LogP contribution in [0.25, 0.3) is 0 Å². The van der Waals surface area contributed by atoms with Gasteiger partial charge in [-0.15, -0.1) is 0 Å². The van der Waals surface area contributed by atoms with Crippen molar-refractivity contribution in [3.8, 4) is 0 Å². The normalized spacial score (nSPS) is 24.3. The Hall–Kier alpha value is -1.84. The molecule has 1 saturated carbocycles. The lowest BCUT2D eigenvalue weighted by Gasteiger charge is -2.24. The maximum absolute atomic E-state index is 12.6. The minimum Gasteiger partial charge on any atom is -0.466 e. The lowest BCUT2D eigenvalue weighted by Crippen LogP contribution is -2.34. The Balaban J connectivity index is 2.30. The third-order valence-corrected chi connectivity index (χ3v) is 3.58. The smallest absolute Gasteiger partial charge is 0.317 e. The predicted molar refractivity (Wildman–Crippen MR) is 78.7 cm³/mol. The third-order valence-electron chi connectivity index (χ3n) is 3.58. The van der Waals surface area contributed by atoms with Gasteiger partial charge in [-0.1, -0.05) is 30.3 Å². The summed E-state index contributed by atoms with van der Waals surface area (Å²) >= 11 is 0. The first-order chi connectivity index (χ1) is 9.81. The predicted octanol–water partition coefficient (Wildman–Crippen LogP) is 2.85. The molecule has 1 aliphatic carbocycles. The molecule has 21 heavy (non-hydrogen) atoms. The van der Waals surface area contributed by atoms with Crippen LogP contribution in [0.15, 0.2) is 30.3 Å². The first kappa shape index (κ1) is 15.5. The standard InChI is InChI=1S/C17H22O4/c1-5-20-14(18)13-11-17(13,12-9-7-6-8-10-12)15(19)21-16(2,3)4/h6-10,13H,5,11H2,1-4H3/t13-,17-/m0/s1. The quantitative estimate of drug-likeness (QED) is 0.800. The lowest BCUT2D eigenvalue weighted by atomic mass is 9.93. The fraction of sp³-hybridized carbons (Fsp3) is 0.529. The summed E-state index contributed by atoms with van der Waals surface area (Å²) in [6.45, 7) is 7.55. The van der Waals surface area contributed by atoms with Crippen molar-refractivity contribution in [1.29, 1.82) is 0 Å². The SMILES string of the molecule is CCOC(=O)[C@@H]1C[C@]1(C(=O)OC(C)(C)C)c1ccccc1. The molecule has 114 valence electrons. The number of hydrogen-bond donors (Lipinski definition) is 0. The molecule has 1 aliphatic rings. The summed E-state index contributed by atoms with van der Waals surface area (Å²) in [5, 5.41) is 0. The van der Waals surface area contributed by atoms with Crippen LogP contribution in [0.2, 0.25) is 0 Å². The zero-order valence-electron chi connectivity index (χ0n) is 13.0. The number of esters is 2. The molecule has 0 amide bonds. The van der Waals surface area contributed by atoms with Crippen molar-refractivity contribution >= 4 is 11.9 Å². The first-order valence-electron chi connectivity index (χ1n) is 7.27. The molecule has 0 unspecified atom stereocenters. The van der Waals surface area contributed by atoms with Gasteiger partial charge in [-0.3, -0.25) is 9.59 Å². The highest BCUT2D eigenvalue weighted by atomic mass is 16.6. The van der Waals surface area contributed by atoms with Gasteiger partial charge in [-0.25, -0.2) is 0 Å². The zero-order valence-corrected chi connectivity index (χ0v) is 13.0. The van der Waals surface area contributed by atoms with E-state index in [0.717, 1.165) is 5.56 Å². The molecule has 4 heteroatoms. The van der Waals surface area contributed by atoms with Crippen LogP contribution in [0.4, 0.5) is 0 Å². The van der Waals surface area contributed by atoms with E-state index in [1.165, 1.54) is 0 Å². The Bertz CT molecular complexity index is 529. The van der Waals surface area contributed by atoms with Gasteiger partial charge in [-0.2, -0.15) is 0 Å². The molecule has 0 radical (unpaired) electrons. The van der Waals surface area contributed by atoms with Crippen LogP contribution in [0.1, 0.15) is 39.7 Å². The van der Waals surface area contributed by atoms with E-state index in [-0.39, 0.29) is 11.9 Å². The molecular weight excluding hydrogens is 268 g/mol. The molecule has 2 atom stereocenters. The van der Waals surface area contributed by atoms with Gasteiger partial charge < -0.3 is 9.47 Å². The summed E-state index contributed by atoms with van der Waals surface area (Å²) in [5.74, 6) is -1.12. The fourth-order valence-electron chi connectivity index (χ4n) is 2.56. The lowest BCUT2D eigenvalue weighted by molar-refractivity contribution is -0.161. The van der Waals surface area contributed by atoms with Crippen LogP contribution in [-0.4, -0.2) is 24.1 Å². The maximum atomic E-state index is 12.6. The Kier molecular flexibility index (Phi) is 4.08. The topological polar surface area (TPSA) is 52.6 Å². The Labute approximate surface area is 125 Å². The summed E-state index contributed by atoms with van der Waals surface area (Å²) in [7, 11) is 0. The first-order valence-corrected chi connectivity index (χ1v) is 7.27. The van der Waals surface area contributed by atoms with Crippen LogP contribution >= 0.6 is 0 Å². The molecule has 1 aromatic rings. The van der Waals surface area contributed by atoms with Crippen molar-refractivity contribution in [1.82, 2.24) is 0 Å². The van der Waals surface area contributed by atoms with E-state index in [0.29, 0.717) is 13.0 Å². The van der Waals surface area contributed by atoms with E-state index in [1.54, 1.807) is 6.92 Å². The van der Waals surface area contributed by atoms with Crippen molar-refractivity contribution in [2.45, 2.75) is 45.1 Å². The average Bonchev–Trinajstić information content (AvgIpc) is 3.15. The largest absolute Gasteiger partial charge is 0.466 e. The molecular formula is C17H22O4. The molecule has 0 bridgehead atoms. The number of hydrogen-bond acceptors (Lipinski definition) is 4. The van der Waals surface area contributed by atoms with E-state index >= 15 is 0 Å². The number of ether oxygens (including phenoxy) is 2. The molecule has 0 aliphatic heterocycles. The molecule has 0 saturated heterocycles. The van der Waals surface area contributed by atoms with Crippen LogP contribution in [0, 0.1) is 5.92 Å². The third kappa shape index (κ3) is 3.09. The van der Waals surface area contributed by atoms with Crippen LogP contribution in [-0.2, 0) is 24.5 Å². The van der Waals surface area contributed by atoms with Crippen LogP contribution < -0.4 is 0 Å². The Morgan fingerprint density at radius 3 is 2.38 bits per heavy atom. The van der Waals surface area contributed by atoms with Crippen molar-refractivity contribution in [3.63, 3.8) is 0 Å². The number of benzene rings is 1. The summed E-state index contributed by atoms with van der Waals surface area (Å²) in [6.07, 6.45) is 0.449. The van der Waals surface area contributed by atoms with E-state index < -0.39 is 16.9 Å². The minimum atomic E-state index is -0.888. The second kappa shape index (κ2) is 5.51. The van der Waals surface area contributed by atoms with E-state index in [1.807, 2.05) is 51.1 Å². The van der Waals surface area contributed by atoms with Gasteiger partial charge in [0.1, 0.15) is 11.0 Å². The molecule has 0 N–H and O–H groups in total. The number of carbonyl (C=O) groups is 2. The highest BCUT2D eigenvalue weighted by Crippen LogP contribution is 2.56. The van der Waals surface area contributed by atoms with Gasteiger partial charge in [0.25, 0.3) is 0 Å². The van der Waals surface area contributed by atoms with E-state index in [9.17, 15) is 9.59 Å². The Morgan fingerprint density at radius 2 is 1.86 bits per heavy atom. The van der Waals surface area contributed by atoms with Crippen LogP contribution in [0.3, 0.4) is 0 Å². The van der Waals surface area contributed by atoms with Gasteiger partial charge in [0.2, 0.25) is 0 Å². The minimum absolute atomic E-state index is 0.314. The zero-order chi connectivity index (χ0) is 15.7. The van der Waals surface area contributed by atoms with Crippen molar-refractivity contribution in [2.24, 2.45) is 5.92 Å². The summed E-state index contributed by atoms with van der Waals surface area (Å²) < 4.78 is 10.6. The average molecular weight is 290 g/mol. The summed E-state index contributed by atoms with van der Waals surface area (Å²) in [5.41, 5.74) is -0.654. The van der Waals surface area contributed by atoms with Crippen molar-refractivity contribution in [2.75, 3.05) is 6.61 Å². The molecule has 0 heterocycles. The van der Waals surface area contributed by atoms with Gasteiger partial charge in [0.05, 0.1) is 12.5 Å². The molecule has 1 fully saturated rings.